The van der Waals surface area contributed by atoms with E-state index in [4.69, 9.17) is 24.8 Å². The number of rotatable bonds is 15. The van der Waals surface area contributed by atoms with E-state index in [-0.39, 0.29) is 36.2 Å². The minimum Gasteiger partial charge on any atom is -0.482 e. The molecule has 2 unspecified atom stereocenters. The summed E-state index contributed by atoms with van der Waals surface area (Å²) in [7, 11) is 0. The van der Waals surface area contributed by atoms with E-state index in [9.17, 15) is 19.2 Å². The topological polar surface area (TPSA) is 150 Å². The Balaban J connectivity index is 0.000000163. The summed E-state index contributed by atoms with van der Waals surface area (Å²) in [4.78, 5) is 46.2. The van der Waals surface area contributed by atoms with Crippen LogP contribution in [0.2, 0.25) is 0 Å². The van der Waals surface area contributed by atoms with Crippen LogP contribution in [0.4, 0.5) is 0 Å². The number of aromatic nitrogens is 3. The van der Waals surface area contributed by atoms with Gasteiger partial charge in [-0.3, -0.25) is 9.59 Å². The van der Waals surface area contributed by atoms with Crippen molar-refractivity contribution < 1.29 is 29.3 Å². The van der Waals surface area contributed by atoms with Crippen molar-refractivity contribution in [3.63, 3.8) is 0 Å². The summed E-state index contributed by atoms with van der Waals surface area (Å²) >= 11 is 0. The molecule has 0 amide bonds. The maximum atomic E-state index is 12.8. The van der Waals surface area contributed by atoms with E-state index in [0.29, 0.717) is 36.4 Å². The molecule has 0 radical (unpaired) electrons. The van der Waals surface area contributed by atoms with Crippen molar-refractivity contribution in [1.82, 2.24) is 14.3 Å². The first-order valence-electron chi connectivity index (χ1n) is 24.9. The molecule has 2 N–H and O–H groups in total. The summed E-state index contributed by atoms with van der Waals surface area (Å²) in [6.45, 7) is 2.81. The summed E-state index contributed by atoms with van der Waals surface area (Å²) in [6, 6.07) is 61.9. The first-order valence-corrected chi connectivity index (χ1v) is 24.9. The average molecular weight is 976 g/mol. The lowest BCUT2D eigenvalue weighted by Gasteiger charge is -2.26. The molecule has 2 aromatic heterocycles. The van der Waals surface area contributed by atoms with E-state index >= 15 is 0 Å². The molecule has 2 atom stereocenters. The van der Waals surface area contributed by atoms with Gasteiger partial charge in [0.1, 0.15) is 11.5 Å². The van der Waals surface area contributed by atoms with Gasteiger partial charge in [-0.2, -0.15) is 5.10 Å². The Labute approximate surface area is 426 Å². The molecule has 0 bridgehead atoms. The van der Waals surface area contributed by atoms with Gasteiger partial charge in [0.05, 0.1) is 11.6 Å². The standard InChI is InChI=1S/C30H28N2O4.C18H19NO4.C14H14/c33-28-17-16-26(30(22-8-3-1-4-9-22)23-10-5-2-6-11-23)31-32(28)19-21-14-15-25-24(18-21)12-7-13-27(25)36-20-29(34)35;20-17-6-1-2-9-19(17)11-13-7-8-15-14(10-13)4-3-5-16(15)23-12-18(21)22;1-12(13-8-4-2-5-9-13)14-10-6-3-7-11-14/h1-13,16-17,21,30H,14-15,18-20H2,(H,34,35);1-6,9,13H,7-8,10-12H2,(H,21,22);2-12H,1H3. The van der Waals surface area contributed by atoms with Crippen molar-refractivity contribution in [2.75, 3.05) is 13.2 Å². The van der Waals surface area contributed by atoms with E-state index in [0.717, 1.165) is 72.0 Å². The van der Waals surface area contributed by atoms with Crippen LogP contribution in [0.15, 0.2) is 204 Å². The third-order valence-corrected chi connectivity index (χ3v) is 13.6. The zero-order valence-electron chi connectivity index (χ0n) is 41.0. The Morgan fingerprint density at radius 3 is 1.45 bits per heavy atom. The van der Waals surface area contributed by atoms with Crippen LogP contribution in [0.25, 0.3) is 0 Å². The molecular formula is C62H61N3O8. The largest absolute Gasteiger partial charge is 0.482 e. The number of carboxylic acid groups (broad SMARTS) is 2. The summed E-state index contributed by atoms with van der Waals surface area (Å²) in [6.07, 6.45) is 6.95. The third kappa shape index (κ3) is 14.0. The molecule has 2 heterocycles. The van der Waals surface area contributed by atoms with Gasteiger partial charge in [-0.15, -0.1) is 0 Å². The van der Waals surface area contributed by atoms with Gasteiger partial charge in [-0.1, -0.05) is 159 Å². The van der Waals surface area contributed by atoms with Crippen LogP contribution >= 0.6 is 0 Å². The molecule has 8 aromatic rings. The first kappa shape index (κ1) is 51.1. The smallest absolute Gasteiger partial charge is 0.341 e. The molecule has 0 fully saturated rings. The summed E-state index contributed by atoms with van der Waals surface area (Å²) in [5, 5.41) is 22.6. The fourth-order valence-electron chi connectivity index (χ4n) is 9.94. The van der Waals surface area contributed by atoms with Gasteiger partial charge in [0.25, 0.3) is 11.1 Å². The van der Waals surface area contributed by atoms with Crippen molar-refractivity contribution in [3.05, 3.63) is 265 Å². The number of hydrogen-bond donors (Lipinski definition) is 2. The van der Waals surface area contributed by atoms with Crippen LogP contribution in [-0.4, -0.2) is 49.7 Å². The van der Waals surface area contributed by atoms with Gasteiger partial charge < -0.3 is 24.3 Å². The van der Waals surface area contributed by atoms with Gasteiger partial charge in [-0.25, -0.2) is 14.3 Å². The molecule has 11 nitrogen and oxygen atoms in total. The quantitative estimate of drug-likeness (QED) is 0.102. The van der Waals surface area contributed by atoms with Crippen LogP contribution in [0.5, 0.6) is 11.5 Å². The van der Waals surface area contributed by atoms with Gasteiger partial charge in [0.2, 0.25) is 0 Å². The Hall–Kier alpha value is -8.31. The van der Waals surface area contributed by atoms with Crippen LogP contribution in [0.3, 0.4) is 0 Å². The Kier molecular flexibility index (Phi) is 17.6. The van der Waals surface area contributed by atoms with E-state index in [2.05, 4.69) is 104 Å². The number of carboxylic acids is 2. The van der Waals surface area contributed by atoms with E-state index in [1.54, 1.807) is 27.4 Å². The van der Waals surface area contributed by atoms with E-state index in [1.807, 2.05) is 79.0 Å². The lowest BCUT2D eigenvalue weighted by atomic mass is 9.83. The molecule has 372 valence electrons. The van der Waals surface area contributed by atoms with Crippen molar-refractivity contribution in [3.8, 4) is 11.5 Å². The monoisotopic (exact) mass is 975 g/mol. The SMILES string of the molecule is CC(c1ccccc1)c1ccccc1.O=C(O)COc1cccc2c1CCC(Cn1ccccc1=O)C2.O=C(O)COc1cccc2c1CCC(Cn1nc(C(c3ccccc3)c3ccccc3)ccc1=O)C2. The second kappa shape index (κ2) is 25.2. The maximum Gasteiger partial charge on any atom is 0.341 e. The number of carbonyl (C=O) groups is 2. The van der Waals surface area contributed by atoms with E-state index in [1.165, 1.54) is 16.7 Å². The lowest BCUT2D eigenvalue weighted by Crippen LogP contribution is -2.30. The predicted octanol–water partition coefficient (Wildman–Crippen LogP) is 10.6. The number of nitrogens with zero attached hydrogens (tertiary/aromatic N) is 3. The molecule has 11 heteroatoms. The number of aliphatic carboxylic acids is 2. The summed E-state index contributed by atoms with van der Waals surface area (Å²) < 4.78 is 14.2. The molecular weight excluding hydrogens is 915 g/mol. The minimum atomic E-state index is -0.990. The number of hydrogen-bond acceptors (Lipinski definition) is 7. The van der Waals surface area contributed by atoms with Crippen LogP contribution < -0.4 is 20.6 Å². The second-order valence-corrected chi connectivity index (χ2v) is 18.6. The Bertz CT molecular complexity index is 3100. The summed E-state index contributed by atoms with van der Waals surface area (Å²) in [5.74, 6) is 0.407. The van der Waals surface area contributed by atoms with Gasteiger partial charge in [-0.05, 0) is 119 Å². The Morgan fingerprint density at radius 1 is 0.534 bits per heavy atom. The number of fused-ring (bicyclic) bond motifs is 2. The Morgan fingerprint density at radius 2 is 0.986 bits per heavy atom. The van der Waals surface area contributed by atoms with Crippen LogP contribution in [0, 0.1) is 11.8 Å². The fraction of sp³-hybridized carbons (Fsp3) is 0.242. The molecule has 10 rings (SSSR count). The molecule has 73 heavy (non-hydrogen) atoms. The first-order chi connectivity index (χ1) is 35.6. The van der Waals surface area contributed by atoms with Crippen molar-refractivity contribution in [1.29, 1.82) is 0 Å². The predicted molar refractivity (Wildman–Crippen MR) is 284 cm³/mol. The average Bonchev–Trinajstić information content (AvgIpc) is 3.42. The number of pyridine rings is 1. The van der Waals surface area contributed by atoms with Crippen LogP contribution in [-0.2, 0) is 48.4 Å². The van der Waals surface area contributed by atoms with Gasteiger partial charge in [0.15, 0.2) is 13.2 Å². The molecule has 0 spiro atoms. The molecule has 0 saturated carbocycles. The van der Waals surface area contributed by atoms with Gasteiger partial charge in [0, 0.05) is 37.3 Å². The minimum absolute atomic E-state index is 0.0249. The highest BCUT2D eigenvalue weighted by atomic mass is 16.5. The number of benzene rings is 6. The summed E-state index contributed by atoms with van der Waals surface area (Å²) in [5.41, 5.74) is 10.3. The second-order valence-electron chi connectivity index (χ2n) is 18.6. The third-order valence-electron chi connectivity index (χ3n) is 13.6. The zero-order valence-corrected chi connectivity index (χ0v) is 41.0. The zero-order chi connectivity index (χ0) is 50.9. The van der Waals surface area contributed by atoms with Crippen molar-refractivity contribution in [2.24, 2.45) is 11.8 Å². The van der Waals surface area contributed by atoms with E-state index < -0.39 is 11.9 Å². The molecule has 0 aliphatic heterocycles. The highest BCUT2D eigenvalue weighted by Gasteiger charge is 2.25. The van der Waals surface area contributed by atoms with Crippen LogP contribution in [0.1, 0.15) is 81.8 Å². The van der Waals surface area contributed by atoms with Gasteiger partial charge >= 0.3 is 11.9 Å². The highest BCUT2D eigenvalue weighted by Crippen LogP contribution is 2.35. The van der Waals surface area contributed by atoms with Crippen molar-refractivity contribution in [2.45, 2.75) is 70.4 Å². The molecule has 2 aliphatic rings. The number of ether oxygens (including phenoxy) is 2. The molecule has 6 aromatic carbocycles. The highest BCUT2D eigenvalue weighted by molar-refractivity contribution is 5.69. The maximum absolute atomic E-state index is 12.8. The normalized spacial score (nSPS) is 14.6. The van der Waals surface area contributed by atoms with Crippen molar-refractivity contribution >= 4 is 11.9 Å². The molecule has 0 saturated heterocycles. The fourth-order valence-corrected chi connectivity index (χ4v) is 9.94. The molecule has 2 aliphatic carbocycles. The lowest BCUT2D eigenvalue weighted by molar-refractivity contribution is -0.140.